The van der Waals surface area contributed by atoms with Crippen molar-refractivity contribution in [1.29, 1.82) is 0 Å². The summed E-state index contributed by atoms with van der Waals surface area (Å²) in [4.78, 5) is 0.224. The van der Waals surface area contributed by atoms with Crippen LogP contribution in [0.4, 0.5) is 0 Å². The summed E-state index contributed by atoms with van der Waals surface area (Å²) in [5.74, 6) is 0. The molecule has 0 amide bonds. The standard InChI is InChI=1S/C22H36O4S/c1-3-4-5-6-7-8-9-10-11-12-13-21(22-18-25-22)26-27(23,24)20-16-14-19(2)15-17-20/h14-17,21-22H,3-13,18H2,1-2H3/t21-,22-/m0/s1. The largest absolute Gasteiger partial charge is 0.370 e. The van der Waals surface area contributed by atoms with Crippen LogP contribution < -0.4 is 0 Å². The minimum Gasteiger partial charge on any atom is -0.370 e. The molecule has 0 unspecified atom stereocenters. The molecule has 154 valence electrons. The molecule has 1 aliphatic heterocycles. The van der Waals surface area contributed by atoms with Gasteiger partial charge in [0.25, 0.3) is 10.1 Å². The van der Waals surface area contributed by atoms with E-state index < -0.39 is 10.1 Å². The Kier molecular flexibility index (Phi) is 9.80. The molecule has 0 N–H and O–H groups in total. The van der Waals surface area contributed by atoms with Crippen LogP contribution in [0, 0.1) is 6.92 Å². The summed E-state index contributed by atoms with van der Waals surface area (Å²) in [7, 11) is -3.72. The first-order valence-electron chi connectivity index (χ1n) is 10.6. The molecular formula is C22H36O4S. The van der Waals surface area contributed by atoms with E-state index in [4.69, 9.17) is 8.92 Å². The lowest BCUT2D eigenvalue weighted by Gasteiger charge is -2.15. The Balaban J connectivity index is 1.65. The summed E-state index contributed by atoms with van der Waals surface area (Å²) >= 11 is 0. The van der Waals surface area contributed by atoms with E-state index in [9.17, 15) is 8.42 Å². The zero-order valence-electron chi connectivity index (χ0n) is 17.0. The molecule has 1 saturated heterocycles. The number of hydrogen-bond acceptors (Lipinski definition) is 4. The van der Waals surface area contributed by atoms with Crippen LogP contribution in [-0.4, -0.2) is 27.2 Å². The van der Waals surface area contributed by atoms with E-state index in [2.05, 4.69) is 6.92 Å². The van der Waals surface area contributed by atoms with Crippen molar-refractivity contribution >= 4 is 10.1 Å². The molecule has 0 aromatic heterocycles. The fourth-order valence-corrected chi connectivity index (χ4v) is 4.45. The second-order valence-corrected chi connectivity index (χ2v) is 9.32. The van der Waals surface area contributed by atoms with Crippen molar-refractivity contribution in [3.8, 4) is 0 Å². The molecule has 5 heteroatoms. The van der Waals surface area contributed by atoms with Crippen molar-refractivity contribution < 1.29 is 17.3 Å². The second-order valence-electron chi connectivity index (χ2n) is 7.74. The van der Waals surface area contributed by atoms with Crippen LogP contribution in [0.25, 0.3) is 0 Å². The van der Waals surface area contributed by atoms with Gasteiger partial charge in [-0.25, -0.2) is 0 Å². The Morgan fingerprint density at radius 2 is 1.48 bits per heavy atom. The van der Waals surface area contributed by atoms with Gasteiger partial charge in [0.1, 0.15) is 12.2 Å². The van der Waals surface area contributed by atoms with Crippen LogP contribution in [0.2, 0.25) is 0 Å². The smallest absolute Gasteiger partial charge is 0.297 e. The lowest BCUT2D eigenvalue weighted by Crippen LogP contribution is -2.24. The summed E-state index contributed by atoms with van der Waals surface area (Å²) in [5.41, 5.74) is 1.03. The first-order chi connectivity index (χ1) is 13.0. The topological polar surface area (TPSA) is 55.9 Å². The van der Waals surface area contributed by atoms with E-state index in [0.717, 1.165) is 24.8 Å². The maximum atomic E-state index is 12.5. The van der Waals surface area contributed by atoms with E-state index in [1.165, 1.54) is 51.4 Å². The molecule has 1 heterocycles. The van der Waals surface area contributed by atoms with Crippen LogP contribution >= 0.6 is 0 Å². The van der Waals surface area contributed by atoms with E-state index >= 15 is 0 Å². The maximum Gasteiger partial charge on any atom is 0.297 e. The van der Waals surface area contributed by atoms with E-state index in [-0.39, 0.29) is 17.1 Å². The molecule has 2 atom stereocenters. The van der Waals surface area contributed by atoms with Gasteiger partial charge in [-0.3, -0.25) is 4.18 Å². The fraction of sp³-hybridized carbons (Fsp3) is 0.727. The van der Waals surface area contributed by atoms with Crippen LogP contribution in [0.5, 0.6) is 0 Å². The van der Waals surface area contributed by atoms with Crippen LogP contribution in [0.3, 0.4) is 0 Å². The van der Waals surface area contributed by atoms with Crippen LogP contribution in [0.1, 0.15) is 83.1 Å². The van der Waals surface area contributed by atoms with E-state index in [0.29, 0.717) is 6.61 Å². The third kappa shape index (κ3) is 8.75. The zero-order valence-corrected chi connectivity index (χ0v) is 17.8. The summed E-state index contributed by atoms with van der Waals surface area (Å²) in [6.45, 7) is 4.78. The molecule has 0 aliphatic carbocycles. The highest BCUT2D eigenvalue weighted by molar-refractivity contribution is 7.86. The SMILES string of the molecule is CCCCCCCCCCCC[C@H](OS(=O)(=O)c1ccc(C)cc1)[C@@H]1CO1. The van der Waals surface area contributed by atoms with Gasteiger partial charge in [-0.15, -0.1) is 0 Å². The van der Waals surface area contributed by atoms with Gasteiger partial charge < -0.3 is 4.74 Å². The molecule has 27 heavy (non-hydrogen) atoms. The predicted octanol–water partition coefficient (Wildman–Crippen LogP) is 5.78. The summed E-state index contributed by atoms with van der Waals surface area (Å²) in [6, 6.07) is 6.80. The number of ether oxygens (including phenoxy) is 1. The number of benzene rings is 1. The van der Waals surface area contributed by atoms with E-state index in [1.807, 2.05) is 6.92 Å². The van der Waals surface area contributed by atoms with Gasteiger partial charge in [0.15, 0.2) is 0 Å². The van der Waals surface area contributed by atoms with Gasteiger partial charge in [-0.1, -0.05) is 88.8 Å². The molecule has 1 aromatic rings. The minimum atomic E-state index is -3.72. The number of epoxide rings is 1. The average Bonchev–Trinajstić information content (AvgIpc) is 3.48. The Hall–Kier alpha value is -0.910. The lowest BCUT2D eigenvalue weighted by molar-refractivity contribution is 0.153. The van der Waals surface area contributed by atoms with Gasteiger partial charge in [-0.05, 0) is 25.5 Å². The highest BCUT2D eigenvalue weighted by Crippen LogP contribution is 2.26. The number of aryl methyl sites for hydroxylation is 1. The van der Waals surface area contributed by atoms with Crippen molar-refractivity contribution in [2.75, 3.05) is 6.61 Å². The van der Waals surface area contributed by atoms with Crippen molar-refractivity contribution in [3.63, 3.8) is 0 Å². The Labute approximate surface area is 165 Å². The molecule has 0 bridgehead atoms. The van der Waals surface area contributed by atoms with Gasteiger partial charge >= 0.3 is 0 Å². The molecule has 0 radical (unpaired) electrons. The minimum absolute atomic E-state index is 0.0659. The first kappa shape index (κ1) is 22.4. The average molecular weight is 397 g/mol. The van der Waals surface area contributed by atoms with Gasteiger partial charge in [-0.2, -0.15) is 8.42 Å². The van der Waals surface area contributed by atoms with Gasteiger partial charge in [0, 0.05) is 0 Å². The molecule has 0 saturated carbocycles. The maximum absolute atomic E-state index is 12.5. The van der Waals surface area contributed by atoms with Crippen molar-refractivity contribution in [2.24, 2.45) is 0 Å². The molecule has 1 aliphatic rings. The molecule has 0 spiro atoms. The lowest BCUT2D eigenvalue weighted by atomic mass is 10.0. The first-order valence-corrected chi connectivity index (χ1v) is 12.1. The summed E-state index contributed by atoms with van der Waals surface area (Å²) in [6.07, 6.45) is 13.0. The third-order valence-corrected chi connectivity index (χ3v) is 6.53. The second kappa shape index (κ2) is 11.8. The quantitative estimate of drug-likeness (QED) is 0.214. The highest BCUT2D eigenvalue weighted by Gasteiger charge is 2.36. The summed E-state index contributed by atoms with van der Waals surface area (Å²) in [5, 5.41) is 0. The summed E-state index contributed by atoms with van der Waals surface area (Å²) < 4.78 is 35.8. The van der Waals surface area contributed by atoms with Crippen molar-refractivity contribution in [3.05, 3.63) is 29.8 Å². The molecular weight excluding hydrogens is 360 g/mol. The highest BCUT2D eigenvalue weighted by atomic mass is 32.2. The van der Waals surface area contributed by atoms with Gasteiger partial charge in [0.05, 0.1) is 11.5 Å². The predicted molar refractivity (Wildman–Crippen MR) is 109 cm³/mol. The normalized spacial score (nSPS) is 17.8. The molecule has 1 aromatic carbocycles. The number of hydrogen-bond donors (Lipinski definition) is 0. The Bertz CT molecular complexity index is 620. The number of unbranched alkanes of at least 4 members (excludes halogenated alkanes) is 9. The zero-order chi connectivity index (χ0) is 19.5. The molecule has 2 rings (SSSR count). The van der Waals surface area contributed by atoms with E-state index in [1.54, 1.807) is 24.3 Å². The van der Waals surface area contributed by atoms with Crippen LogP contribution in [-0.2, 0) is 19.0 Å². The Morgan fingerprint density at radius 1 is 0.963 bits per heavy atom. The molecule has 4 nitrogen and oxygen atoms in total. The van der Waals surface area contributed by atoms with Crippen LogP contribution in [0.15, 0.2) is 29.2 Å². The fourth-order valence-electron chi connectivity index (χ4n) is 3.32. The monoisotopic (exact) mass is 396 g/mol. The number of rotatable bonds is 15. The molecule has 1 fully saturated rings. The van der Waals surface area contributed by atoms with Crippen molar-refractivity contribution in [2.45, 2.75) is 102 Å². The van der Waals surface area contributed by atoms with Gasteiger partial charge in [0.2, 0.25) is 0 Å². The Morgan fingerprint density at radius 3 is 2.00 bits per heavy atom. The van der Waals surface area contributed by atoms with Crippen molar-refractivity contribution in [1.82, 2.24) is 0 Å². The third-order valence-electron chi connectivity index (χ3n) is 5.18.